The molecule has 1 fully saturated rings. The molecular weight excluding hydrogens is 180 g/mol. The molecule has 0 saturated heterocycles. The summed E-state index contributed by atoms with van der Waals surface area (Å²) in [5.41, 5.74) is 0.623. The van der Waals surface area contributed by atoms with Crippen molar-refractivity contribution in [2.24, 2.45) is 35.0 Å². The number of hydrogen-bond acceptors (Lipinski definition) is 0. The van der Waals surface area contributed by atoms with E-state index in [0.29, 0.717) is 5.41 Å². The standard InChI is InChI=1S/C15H30/c1-10(2)12(5)13(6)15(7)9-8-14(15)11(3)4/h10-14H,8-9H2,1-7H3. The maximum absolute atomic E-state index is 2.53. The Kier molecular flexibility index (Phi) is 3.90. The van der Waals surface area contributed by atoms with E-state index in [1.807, 2.05) is 0 Å². The third kappa shape index (κ3) is 2.24. The van der Waals surface area contributed by atoms with E-state index in [0.717, 1.165) is 29.6 Å². The van der Waals surface area contributed by atoms with E-state index in [9.17, 15) is 0 Å². The molecule has 0 nitrogen and oxygen atoms in total. The summed E-state index contributed by atoms with van der Waals surface area (Å²) in [6, 6.07) is 0. The quantitative estimate of drug-likeness (QED) is 0.613. The van der Waals surface area contributed by atoms with Crippen molar-refractivity contribution in [1.82, 2.24) is 0 Å². The van der Waals surface area contributed by atoms with Crippen molar-refractivity contribution in [3.8, 4) is 0 Å². The third-order valence-electron chi connectivity index (χ3n) is 5.53. The predicted octanol–water partition coefficient (Wildman–Crippen LogP) is 4.99. The van der Waals surface area contributed by atoms with Crippen LogP contribution in [0.15, 0.2) is 0 Å². The molecule has 0 aromatic rings. The van der Waals surface area contributed by atoms with Crippen LogP contribution in [0.2, 0.25) is 0 Å². The second-order valence-electron chi connectivity index (χ2n) is 6.79. The monoisotopic (exact) mass is 210 g/mol. The summed E-state index contributed by atoms with van der Waals surface area (Å²) in [5.74, 6) is 4.39. The highest BCUT2D eigenvalue weighted by Gasteiger charge is 2.48. The van der Waals surface area contributed by atoms with Gasteiger partial charge in [0.1, 0.15) is 0 Å². The Labute approximate surface area is 96.8 Å². The van der Waals surface area contributed by atoms with Gasteiger partial charge in [-0.3, -0.25) is 0 Å². The Bertz CT molecular complexity index is 204. The van der Waals surface area contributed by atoms with Crippen LogP contribution in [-0.4, -0.2) is 0 Å². The normalized spacial score (nSPS) is 35.4. The van der Waals surface area contributed by atoms with Crippen molar-refractivity contribution in [1.29, 1.82) is 0 Å². The molecule has 4 atom stereocenters. The molecular formula is C15H30. The summed E-state index contributed by atoms with van der Waals surface area (Å²) >= 11 is 0. The van der Waals surface area contributed by atoms with Gasteiger partial charge in [-0.25, -0.2) is 0 Å². The highest BCUT2D eigenvalue weighted by atomic mass is 14.5. The smallest absolute Gasteiger partial charge is 0.0267 e. The maximum Gasteiger partial charge on any atom is -0.0267 e. The van der Waals surface area contributed by atoms with Gasteiger partial charge in [0, 0.05) is 0 Å². The molecule has 0 radical (unpaired) electrons. The minimum atomic E-state index is 0.623. The first-order chi connectivity index (χ1) is 6.80. The van der Waals surface area contributed by atoms with Crippen LogP contribution in [-0.2, 0) is 0 Å². The molecule has 0 spiro atoms. The Morgan fingerprint density at radius 2 is 1.53 bits per heavy atom. The summed E-state index contributed by atoms with van der Waals surface area (Å²) in [5, 5.41) is 0. The predicted molar refractivity (Wildman–Crippen MR) is 68.8 cm³/mol. The van der Waals surface area contributed by atoms with Crippen LogP contribution in [0.3, 0.4) is 0 Å². The average Bonchev–Trinajstić information content (AvgIpc) is 2.11. The molecule has 1 aliphatic rings. The second-order valence-corrected chi connectivity index (χ2v) is 6.79. The van der Waals surface area contributed by atoms with Gasteiger partial charge in [-0.15, -0.1) is 0 Å². The van der Waals surface area contributed by atoms with Crippen LogP contribution in [0.4, 0.5) is 0 Å². The topological polar surface area (TPSA) is 0 Å². The lowest BCUT2D eigenvalue weighted by Crippen LogP contribution is -2.47. The summed E-state index contributed by atoms with van der Waals surface area (Å²) in [7, 11) is 0. The molecule has 1 saturated carbocycles. The van der Waals surface area contributed by atoms with E-state index >= 15 is 0 Å². The van der Waals surface area contributed by atoms with Crippen molar-refractivity contribution in [3.63, 3.8) is 0 Å². The third-order valence-corrected chi connectivity index (χ3v) is 5.53. The van der Waals surface area contributed by atoms with Gasteiger partial charge in [-0.05, 0) is 47.8 Å². The van der Waals surface area contributed by atoms with Gasteiger partial charge in [0.2, 0.25) is 0 Å². The van der Waals surface area contributed by atoms with Crippen molar-refractivity contribution >= 4 is 0 Å². The second kappa shape index (κ2) is 4.47. The number of rotatable bonds is 4. The molecule has 0 bridgehead atoms. The molecule has 0 heteroatoms. The van der Waals surface area contributed by atoms with Gasteiger partial charge in [-0.2, -0.15) is 0 Å². The first-order valence-electron chi connectivity index (χ1n) is 6.80. The summed E-state index contributed by atoms with van der Waals surface area (Å²) < 4.78 is 0. The van der Waals surface area contributed by atoms with Gasteiger partial charge >= 0.3 is 0 Å². The highest BCUT2D eigenvalue weighted by Crippen LogP contribution is 2.57. The molecule has 0 aromatic carbocycles. The Hall–Kier alpha value is 0. The minimum Gasteiger partial charge on any atom is -0.0625 e. The van der Waals surface area contributed by atoms with Crippen LogP contribution in [0.1, 0.15) is 61.3 Å². The van der Waals surface area contributed by atoms with Gasteiger partial charge in [0.15, 0.2) is 0 Å². The van der Waals surface area contributed by atoms with Crippen LogP contribution >= 0.6 is 0 Å². The largest absolute Gasteiger partial charge is 0.0625 e. The van der Waals surface area contributed by atoms with E-state index in [1.54, 1.807) is 0 Å². The zero-order valence-corrected chi connectivity index (χ0v) is 11.8. The van der Waals surface area contributed by atoms with Gasteiger partial charge < -0.3 is 0 Å². The van der Waals surface area contributed by atoms with Gasteiger partial charge in [-0.1, -0.05) is 48.5 Å². The van der Waals surface area contributed by atoms with Gasteiger partial charge in [0.05, 0.1) is 0 Å². The summed E-state index contributed by atoms with van der Waals surface area (Å²) in [6.07, 6.45) is 2.91. The van der Waals surface area contributed by atoms with Gasteiger partial charge in [0.25, 0.3) is 0 Å². The van der Waals surface area contributed by atoms with Crippen LogP contribution in [0.5, 0.6) is 0 Å². The minimum absolute atomic E-state index is 0.623. The molecule has 0 aliphatic heterocycles. The molecule has 1 aliphatic carbocycles. The summed E-state index contributed by atoms with van der Waals surface area (Å²) in [6.45, 7) is 17.0. The molecule has 0 N–H and O–H groups in total. The molecule has 0 aromatic heterocycles. The molecule has 90 valence electrons. The van der Waals surface area contributed by atoms with E-state index in [2.05, 4.69) is 48.5 Å². The van der Waals surface area contributed by atoms with E-state index in [-0.39, 0.29) is 0 Å². The molecule has 15 heavy (non-hydrogen) atoms. The fraction of sp³-hybridized carbons (Fsp3) is 1.00. The first kappa shape index (κ1) is 13.1. The SMILES string of the molecule is CC(C)C(C)C(C)C1(C)CCC1C(C)C. The Morgan fingerprint density at radius 1 is 1.00 bits per heavy atom. The van der Waals surface area contributed by atoms with Crippen molar-refractivity contribution < 1.29 is 0 Å². The fourth-order valence-corrected chi connectivity index (χ4v) is 3.60. The van der Waals surface area contributed by atoms with Crippen molar-refractivity contribution in [2.45, 2.75) is 61.3 Å². The lowest BCUT2D eigenvalue weighted by molar-refractivity contribution is -0.0612. The van der Waals surface area contributed by atoms with Crippen LogP contribution in [0, 0.1) is 35.0 Å². The molecule has 1 rings (SSSR count). The first-order valence-corrected chi connectivity index (χ1v) is 6.80. The summed E-state index contributed by atoms with van der Waals surface area (Å²) in [4.78, 5) is 0. The maximum atomic E-state index is 2.53. The van der Waals surface area contributed by atoms with E-state index < -0.39 is 0 Å². The Morgan fingerprint density at radius 3 is 1.80 bits per heavy atom. The van der Waals surface area contributed by atoms with E-state index in [4.69, 9.17) is 0 Å². The highest BCUT2D eigenvalue weighted by molar-refractivity contribution is 4.98. The molecule has 4 unspecified atom stereocenters. The van der Waals surface area contributed by atoms with E-state index in [1.165, 1.54) is 12.8 Å². The average molecular weight is 210 g/mol. The van der Waals surface area contributed by atoms with Crippen molar-refractivity contribution in [3.05, 3.63) is 0 Å². The molecule has 0 amide bonds. The zero-order valence-electron chi connectivity index (χ0n) is 11.8. The number of hydrogen-bond donors (Lipinski definition) is 0. The lowest BCUT2D eigenvalue weighted by atomic mass is 9.50. The zero-order chi connectivity index (χ0) is 11.8. The fourth-order valence-electron chi connectivity index (χ4n) is 3.60. The Balaban J connectivity index is 2.70. The van der Waals surface area contributed by atoms with Crippen LogP contribution in [0.25, 0.3) is 0 Å². The van der Waals surface area contributed by atoms with Crippen LogP contribution < -0.4 is 0 Å². The van der Waals surface area contributed by atoms with Crippen molar-refractivity contribution in [2.75, 3.05) is 0 Å². The lowest BCUT2D eigenvalue weighted by Gasteiger charge is -2.55. The molecule has 0 heterocycles.